The molecule has 12 rings (SSSR count). The standard InChI is InChI=1S/C23H28O2.C17H20O.C15H16O2.3C8H10O2.3C7H8O.C2H6O.2CH3.2Y/c1-7-9-17-15-19(11-13-21(17)24-5)23(3,4)20-12-14-22(25-6)18(16-20)10-8-2;1-13-5-7-14(8-6-13)17(2,3)15-9-11-16(18-4)12-10-15;1-16-14-7-3-12(4-8-14)11-13-5-9-15(17-2)10-6-13;1-9-7-3-5-8(10-2)6-4-7;1-9-7-4-3-5-8(6-7)10-2;1-10-8-5-3-2-4-7(8)6-9;3*1-8-7-5-3-2-4-6-7;1-3-2;;;;/h7-8,11-16H,1-2,9-10H2,3-6H3;5-12H,1-4H3;3-10H,11H2,1-2H3;2*3-6H,1-2H3;2-5,9H,6H2,1H3;3*2-6H,1H3;1-2H3;2*1H3;;/q;;;;;;;;;;2*-1;;. The van der Waals surface area contributed by atoms with E-state index in [1.807, 2.05) is 224 Å². The van der Waals surface area contributed by atoms with Crippen LogP contribution in [0.4, 0.5) is 0 Å². The second-order valence-electron chi connectivity index (χ2n) is 26.4. The molecule has 0 aromatic heterocycles. The Bertz CT molecular complexity index is 4300. The summed E-state index contributed by atoms with van der Waals surface area (Å²) in [6.07, 6.45) is 6.32. The summed E-state index contributed by atoms with van der Waals surface area (Å²) in [6.45, 7) is 18.8. The van der Waals surface area contributed by atoms with Crippen LogP contribution in [0.15, 0.2) is 323 Å². The van der Waals surface area contributed by atoms with Crippen LogP contribution in [-0.4, -0.2) is 112 Å². The molecule has 0 saturated carbocycles. The van der Waals surface area contributed by atoms with Crippen molar-refractivity contribution < 1.29 is 137 Å². The van der Waals surface area contributed by atoms with Gasteiger partial charge < -0.3 is 86.3 Å². The molecule has 0 aliphatic carbocycles. The number of aliphatic hydroxyl groups is 1. The van der Waals surface area contributed by atoms with Crippen molar-refractivity contribution in [3.63, 3.8) is 0 Å². The molecule has 121 heavy (non-hydrogen) atoms. The molecule has 12 aromatic rings. The molecule has 0 atom stereocenters. The van der Waals surface area contributed by atoms with E-state index in [2.05, 4.69) is 137 Å². The predicted molar refractivity (Wildman–Crippen MR) is 494 cm³/mol. The third-order valence-corrected chi connectivity index (χ3v) is 17.9. The van der Waals surface area contributed by atoms with E-state index in [4.69, 9.17) is 66.7 Å². The Hall–Kier alpha value is -10.4. The van der Waals surface area contributed by atoms with E-state index in [9.17, 15) is 0 Å². The maximum absolute atomic E-state index is 8.77. The first kappa shape index (κ1) is 113. The van der Waals surface area contributed by atoms with Crippen molar-refractivity contribution in [3.05, 3.63) is 393 Å². The average Bonchev–Trinajstić information content (AvgIpc) is 0.784. The quantitative estimate of drug-likeness (QED) is 0.0451. The average molecular weight is 1800 g/mol. The van der Waals surface area contributed by atoms with E-state index < -0.39 is 0 Å². The van der Waals surface area contributed by atoms with Gasteiger partial charge in [0.1, 0.15) is 74.7 Å². The van der Waals surface area contributed by atoms with Crippen LogP contribution in [0.2, 0.25) is 0 Å². The van der Waals surface area contributed by atoms with Gasteiger partial charge in [-0.3, -0.25) is 0 Å². The summed E-state index contributed by atoms with van der Waals surface area (Å²) >= 11 is 0. The van der Waals surface area contributed by atoms with Crippen LogP contribution >= 0.6 is 0 Å². The maximum atomic E-state index is 8.77. The fourth-order valence-corrected chi connectivity index (χ4v) is 10.9. The number of aliphatic hydroxyl groups excluding tert-OH is 1. The number of para-hydroxylation sites is 4. The van der Waals surface area contributed by atoms with Crippen LogP contribution in [-0.2, 0) is 107 Å². The van der Waals surface area contributed by atoms with Crippen LogP contribution < -0.4 is 61.6 Å². The minimum atomic E-state index is -0.135. The number of rotatable bonds is 24. The summed E-state index contributed by atoms with van der Waals surface area (Å²) in [7, 11) is 24.8. The Balaban J connectivity index is 0. The van der Waals surface area contributed by atoms with E-state index in [1.165, 1.54) is 38.9 Å². The van der Waals surface area contributed by atoms with Gasteiger partial charge in [0, 0.05) is 102 Å². The van der Waals surface area contributed by atoms with Gasteiger partial charge in [-0.05, 0) is 198 Å². The van der Waals surface area contributed by atoms with Crippen molar-refractivity contribution in [1.82, 2.24) is 0 Å². The minimum absolute atomic E-state index is 0. The first-order chi connectivity index (χ1) is 56.6. The Labute approximate surface area is 776 Å². The van der Waals surface area contributed by atoms with Crippen molar-refractivity contribution in [2.45, 2.75) is 71.3 Å². The summed E-state index contributed by atoms with van der Waals surface area (Å²) in [6, 6.07) is 97.5. The van der Waals surface area contributed by atoms with Crippen LogP contribution in [0.3, 0.4) is 0 Å². The molecule has 15 nitrogen and oxygen atoms in total. The zero-order valence-corrected chi connectivity index (χ0v) is 81.2. The smallest absolute Gasteiger partial charge is 0.124 e. The summed E-state index contributed by atoms with van der Waals surface area (Å²) in [5.74, 6) is 11.3. The molecule has 0 unspecified atom stereocenters. The minimum Gasteiger partial charge on any atom is -0.497 e. The van der Waals surface area contributed by atoms with Crippen molar-refractivity contribution in [2.75, 3.05) is 107 Å². The topological polar surface area (TPSA) is 149 Å². The first-order valence-corrected chi connectivity index (χ1v) is 38.0. The number of benzene rings is 12. The molecule has 0 aliphatic heterocycles. The van der Waals surface area contributed by atoms with Crippen LogP contribution in [0.25, 0.3) is 0 Å². The molecule has 0 aliphatic rings. The van der Waals surface area contributed by atoms with Crippen LogP contribution in [0, 0.1) is 21.8 Å². The SMILES string of the molecule is C=CCc1cc(C(C)(C)c2ccc(OC)c(CC=C)c2)ccc1OC.COC.COc1ccc(C(C)(C)c2ccc(C)cc2)cc1.COc1ccc(Cc2ccc(OC)cc2)cc1.COc1ccc(OC)cc1.COc1cccc(OC)c1.COc1ccccc1.COc1ccccc1.COc1ccccc1.COc1ccccc1CO.[CH3-].[CH3-].[Y].[Y]. The molecule has 0 saturated heterocycles. The van der Waals surface area contributed by atoms with Gasteiger partial charge in [0.05, 0.1) is 99.0 Å². The van der Waals surface area contributed by atoms with Crippen LogP contribution in [0.5, 0.6) is 74.7 Å². The first-order valence-electron chi connectivity index (χ1n) is 38.0. The van der Waals surface area contributed by atoms with Gasteiger partial charge in [0.15, 0.2) is 0 Å². The Morgan fingerprint density at radius 1 is 0.264 bits per heavy atom. The van der Waals surface area contributed by atoms with Crippen molar-refractivity contribution in [3.8, 4) is 74.7 Å². The number of allylic oxidation sites excluding steroid dienone is 2. The van der Waals surface area contributed by atoms with Crippen molar-refractivity contribution in [2.24, 2.45) is 0 Å². The summed E-state index contributed by atoms with van der Waals surface area (Å²) in [4.78, 5) is 0. The molecule has 2 radical (unpaired) electrons. The monoisotopic (exact) mass is 1800 g/mol. The van der Waals surface area contributed by atoms with E-state index in [1.54, 1.807) is 107 Å². The number of ether oxygens (including phenoxy) is 14. The molecule has 12 aromatic carbocycles. The van der Waals surface area contributed by atoms with E-state index >= 15 is 0 Å². The third kappa shape index (κ3) is 42.6. The van der Waals surface area contributed by atoms with Gasteiger partial charge in [-0.25, -0.2) is 0 Å². The Morgan fingerprint density at radius 2 is 0.504 bits per heavy atom. The van der Waals surface area contributed by atoms with E-state index in [0.717, 1.165) is 111 Å². The molecule has 0 heterocycles. The van der Waals surface area contributed by atoms with Gasteiger partial charge in [-0.2, -0.15) is 0 Å². The van der Waals surface area contributed by atoms with E-state index in [0.29, 0.717) is 0 Å². The molecule has 1 N–H and O–H groups in total. The number of hydrogen-bond donors (Lipinski definition) is 1. The van der Waals surface area contributed by atoms with Crippen molar-refractivity contribution in [1.29, 1.82) is 0 Å². The normalized spacial score (nSPS) is 9.50. The van der Waals surface area contributed by atoms with E-state index in [-0.39, 0.29) is 97.7 Å². The van der Waals surface area contributed by atoms with Gasteiger partial charge in [0.2, 0.25) is 0 Å². The Kier molecular flexibility index (Phi) is 61.8. The van der Waals surface area contributed by atoms with Gasteiger partial charge in [-0.15, -0.1) is 13.2 Å². The number of aryl methyl sites for hydroxylation is 1. The maximum Gasteiger partial charge on any atom is 0.124 e. The zero-order chi connectivity index (χ0) is 86.1. The molecular formula is C104H130O15Y2-2. The van der Waals surface area contributed by atoms with Crippen LogP contribution in [0.1, 0.15) is 83.3 Å². The largest absolute Gasteiger partial charge is 0.497 e. The van der Waals surface area contributed by atoms with Crippen molar-refractivity contribution >= 4 is 0 Å². The summed E-state index contributed by atoms with van der Waals surface area (Å²) in [5.41, 5.74) is 12.0. The molecule has 0 amide bonds. The van der Waals surface area contributed by atoms with Gasteiger partial charge in [0.25, 0.3) is 0 Å². The summed E-state index contributed by atoms with van der Waals surface area (Å²) < 4.78 is 70.3. The fraction of sp³-hybridized carbons (Fsp3) is 0.250. The number of methoxy groups -OCH3 is 14. The molecule has 0 bridgehead atoms. The second-order valence-corrected chi connectivity index (χ2v) is 26.4. The summed E-state index contributed by atoms with van der Waals surface area (Å²) in [5, 5.41) is 8.77. The molecule has 644 valence electrons. The molecule has 0 spiro atoms. The fourth-order valence-electron chi connectivity index (χ4n) is 10.9. The second kappa shape index (κ2) is 66.4. The zero-order valence-electron chi connectivity index (χ0n) is 75.5. The third-order valence-electron chi connectivity index (χ3n) is 17.9. The molecular weight excluding hydrogens is 1670 g/mol. The Morgan fingerprint density at radius 3 is 0.777 bits per heavy atom. The predicted octanol–water partition coefficient (Wildman–Crippen LogP) is 23.9. The van der Waals surface area contributed by atoms with Gasteiger partial charge in [-0.1, -0.05) is 209 Å². The molecule has 17 heteroatoms. The number of hydrogen-bond acceptors (Lipinski definition) is 15. The van der Waals surface area contributed by atoms with Gasteiger partial charge >= 0.3 is 0 Å². The molecule has 0 fully saturated rings.